The summed E-state index contributed by atoms with van der Waals surface area (Å²) in [4.78, 5) is 63.0. The van der Waals surface area contributed by atoms with Crippen molar-refractivity contribution in [2.24, 2.45) is 0 Å². The second-order valence-corrected chi connectivity index (χ2v) is 7.47. The number of thioether (sulfide) groups is 1. The van der Waals surface area contributed by atoms with E-state index in [0.29, 0.717) is 5.06 Å². The van der Waals surface area contributed by atoms with E-state index in [1.54, 1.807) is 20.8 Å². The molecule has 0 bridgehead atoms. The van der Waals surface area contributed by atoms with Gasteiger partial charge in [-0.3, -0.25) is 14.4 Å². The van der Waals surface area contributed by atoms with Crippen LogP contribution in [-0.4, -0.2) is 58.1 Å². The van der Waals surface area contributed by atoms with Gasteiger partial charge in [0.1, 0.15) is 11.6 Å². The first kappa shape index (κ1) is 21.7. The number of alkyl carbamates (subject to hydrolysis) is 1. The van der Waals surface area contributed by atoms with Crippen LogP contribution in [0.25, 0.3) is 0 Å². The van der Waals surface area contributed by atoms with Gasteiger partial charge in [0.05, 0.1) is 5.88 Å². The number of rotatable bonds is 7. The smallest absolute Gasteiger partial charge is 0.408 e. The third-order valence-corrected chi connectivity index (χ3v) is 3.79. The van der Waals surface area contributed by atoms with Gasteiger partial charge in [0, 0.05) is 25.5 Å². The molecule has 10 nitrogen and oxygen atoms in total. The van der Waals surface area contributed by atoms with E-state index >= 15 is 0 Å². The van der Waals surface area contributed by atoms with E-state index in [1.807, 2.05) is 0 Å². The van der Waals surface area contributed by atoms with Gasteiger partial charge in [-0.15, -0.1) is 16.8 Å². The molecule has 0 saturated carbocycles. The first-order valence-electron chi connectivity index (χ1n) is 7.89. The number of carbonyl (C=O) groups excluding carboxylic acids is 5. The Morgan fingerprint density at radius 1 is 1.19 bits per heavy atom. The molecule has 0 spiro atoms. The van der Waals surface area contributed by atoms with Crippen LogP contribution in [0.3, 0.4) is 0 Å². The van der Waals surface area contributed by atoms with Crippen molar-refractivity contribution in [3.05, 3.63) is 0 Å². The fraction of sp³-hybridized carbons (Fsp3) is 0.667. The minimum atomic E-state index is -1.18. The highest BCUT2D eigenvalue weighted by Crippen LogP contribution is 2.14. The minimum Gasteiger partial charge on any atom is -0.444 e. The molecule has 0 aromatic rings. The van der Waals surface area contributed by atoms with E-state index in [9.17, 15) is 24.0 Å². The molecule has 0 aromatic heterocycles. The Kier molecular flexibility index (Phi) is 7.87. The summed E-state index contributed by atoms with van der Waals surface area (Å²) in [6.45, 7) is 6.32. The van der Waals surface area contributed by atoms with Crippen molar-refractivity contribution in [2.45, 2.75) is 52.2 Å². The molecule has 1 saturated heterocycles. The molecule has 0 aromatic carbocycles. The molecule has 11 heteroatoms. The molecule has 0 unspecified atom stereocenters. The molecule has 2 N–H and O–H groups in total. The van der Waals surface area contributed by atoms with Gasteiger partial charge in [0.25, 0.3) is 11.8 Å². The topological polar surface area (TPSA) is 131 Å². The first-order chi connectivity index (χ1) is 12.0. The molecule has 1 heterocycles. The minimum absolute atomic E-state index is 0.0342. The lowest BCUT2D eigenvalue weighted by atomic mass is 10.2. The molecule has 1 fully saturated rings. The van der Waals surface area contributed by atoms with Gasteiger partial charge >= 0.3 is 12.1 Å². The maximum Gasteiger partial charge on any atom is 0.408 e. The molecule has 1 rings (SSSR count). The summed E-state index contributed by atoms with van der Waals surface area (Å²) in [5.41, 5.74) is -0.775. The van der Waals surface area contributed by atoms with Crippen molar-refractivity contribution >= 4 is 41.5 Å². The standard InChI is InChI=1S/C15H23N3O7S/c1-9(19)16-8-26-7-10(17-14(23)24-15(2,3)4)13(22)25-18-11(20)5-6-12(18)21/h10H,5-8H2,1-4H3,(H,16,19)(H,17,23)/t10-/m1/s1. The second-order valence-electron chi connectivity index (χ2n) is 6.44. The van der Waals surface area contributed by atoms with E-state index < -0.39 is 35.5 Å². The van der Waals surface area contributed by atoms with Gasteiger partial charge in [-0.2, -0.15) is 0 Å². The van der Waals surface area contributed by atoms with Crippen molar-refractivity contribution in [2.75, 3.05) is 11.6 Å². The molecule has 146 valence electrons. The summed E-state index contributed by atoms with van der Waals surface area (Å²) < 4.78 is 5.09. The van der Waals surface area contributed by atoms with Crippen LogP contribution in [0.1, 0.15) is 40.5 Å². The highest BCUT2D eigenvalue weighted by atomic mass is 32.2. The van der Waals surface area contributed by atoms with Crippen molar-refractivity contribution in [3.63, 3.8) is 0 Å². The number of hydrogen-bond acceptors (Lipinski definition) is 8. The van der Waals surface area contributed by atoms with Gasteiger partial charge in [-0.05, 0) is 20.8 Å². The lowest BCUT2D eigenvalue weighted by Gasteiger charge is -2.23. The number of hydrogen-bond donors (Lipinski definition) is 2. The lowest BCUT2D eigenvalue weighted by molar-refractivity contribution is -0.198. The maximum absolute atomic E-state index is 12.3. The van der Waals surface area contributed by atoms with Crippen LogP contribution in [0.5, 0.6) is 0 Å². The monoisotopic (exact) mass is 389 g/mol. The van der Waals surface area contributed by atoms with Crippen LogP contribution in [0, 0.1) is 0 Å². The third-order valence-electron chi connectivity index (χ3n) is 2.87. The van der Waals surface area contributed by atoms with Gasteiger partial charge < -0.3 is 20.2 Å². The quantitative estimate of drug-likeness (QED) is 0.361. The third kappa shape index (κ3) is 7.72. The number of hydroxylamine groups is 2. The summed E-state index contributed by atoms with van der Waals surface area (Å²) in [5.74, 6) is -2.22. The van der Waals surface area contributed by atoms with Crippen molar-refractivity contribution in [1.29, 1.82) is 0 Å². The Morgan fingerprint density at radius 2 is 1.77 bits per heavy atom. The zero-order valence-electron chi connectivity index (χ0n) is 15.1. The van der Waals surface area contributed by atoms with Crippen LogP contribution in [-0.2, 0) is 28.8 Å². The van der Waals surface area contributed by atoms with Crippen LogP contribution in [0.15, 0.2) is 0 Å². The van der Waals surface area contributed by atoms with Crippen molar-refractivity contribution in [3.8, 4) is 0 Å². The average molecular weight is 389 g/mol. The number of ether oxygens (including phenoxy) is 1. The first-order valence-corrected chi connectivity index (χ1v) is 9.04. The van der Waals surface area contributed by atoms with E-state index in [2.05, 4.69) is 10.6 Å². The van der Waals surface area contributed by atoms with Gasteiger partial charge in [0.2, 0.25) is 5.91 Å². The molecule has 4 amide bonds. The summed E-state index contributed by atoms with van der Waals surface area (Å²) in [5, 5.41) is 5.28. The lowest BCUT2D eigenvalue weighted by Crippen LogP contribution is -2.48. The normalized spacial score (nSPS) is 15.5. The fourth-order valence-electron chi connectivity index (χ4n) is 1.76. The summed E-state index contributed by atoms with van der Waals surface area (Å²) in [6, 6.07) is -1.18. The zero-order chi connectivity index (χ0) is 19.9. The predicted octanol–water partition coefficient (Wildman–Crippen LogP) is 0.314. The van der Waals surface area contributed by atoms with Crippen LogP contribution in [0.4, 0.5) is 4.79 Å². The number of nitrogens with one attached hydrogen (secondary N) is 2. The number of amides is 4. The molecular formula is C15H23N3O7S. The predicted molar refractivity (Wildman–Crippen MR) is 91.5 cm³/mol. The zero-order valence-corrected chi connectivity index (χ0v) is 15.9. The Bertz CT molecular complexity index is 572. The molecule has 0 aliphatic carbocycles. The van der Waals surface area contributed by atoms with Crippen LogP contribution < -0.4 is 10.6 Å². The van der Waals surface area contributed by atoms with Gasteiger partial charge in [0.15, 0.2) is 0 Å². The van der Waals surface area contributed by atoms with E-state index in [1.165, 1.54) is 6.92 Å². The average Bonchev–Trinajstić information content (AvgIpc) is 2.80. The van der Waals surface area contributed by atoms with Crippen LogP contribution >= 0.6 is 11.8 Å². The largest absolute Gasteiger partial charge is 0.444 e. The van der Waals surface area contributed by atoms with Crippen molar-refractivity contribution in [1.82, 2.24) is 15.7 Å². The fourth-order valence-corrected chi connectivity index (χ4v) is 2.64. The van der Waals surface area contributed by atoms with E-state index in [0.717, 1.165) is 11.8 Å². The molecule has 1 aliphatic rings. The summed E-state index contributed by atoms with van der Waals surface area (Å²) >= 11 is 1.15. The Balaban J connectivity index is 2.69. The molecule has 0 radical (unpaired) electrons. The maximum atomic E-state index is 12.3. The number of imide groups is 1. The van der Waals surface area contributed by atoms with E-state index in [-0.39, 0.29) is 30.4 Å². The molecule has 1 aliphatic heterocycles. The molecule has 1 atom stereocenters. The van der Waals surface area contributed by atoms with E-state index in [4.69, 9.17) is 9.57 Å². The SMILES string of the molecule is CC(=O)NCSC[C@@H](NC(=O)OC(C)(C)C)C(=O)ON1C(=O)CCC1=O. The highest BCUT2D eigenvalue weighted by molar-refractivity contribution is 7.99. The summed E-state index contributed by atoms with van der Waals surface area (Å²) in [6.07, 6.45) is -0.917. The van der Waals surface area contributed by atoms with Gasteiger partial charge in [-0.1, -0.05) is 0 Å². The van der Waals surface area contributed by atoms with Gasteiger partial charge in [-0.25, -0.2) is 9.59 Å². The van der Waals surface area contributed by atoms with Crippen LogP contribution in [0.2, 0.25) is 0 Å². The molecule has 26 heavy (non-hydrogen) atoms. The Morgan fingerprint density at radius 3 is 2.27 bits per heavy atom. The summed E-state index contributed by atoms with van der Waals surface area (Å²) in [7, 11) is 0. The number of carbonyl (C=O) groups is 5. The Hall–Kier alpha value is -2.30. The highest BCUT2D eigenvalue weighted by Gasteiger charge is 2.35. The second kappa shape index (κ2) is 9.41. The van der Waals surface area contributed by atoms with Crippen molar-refractivity contribution < 1.29 is 33.5 Å². The Labute approximate surface area is 155 Å². The molecular weight excluding hydrogens is 366 g/mol. The number of nitrogens with zero attached hydrogens (tertiary/aromatic N) is 1.